The quantitative estimate of drug-likeness (QED) is 0.558. The summed E-state index contributed by atoms with van der Waals surface area (Å²) in [4.78, 5) is 0. The van der Waals surface area contributed by atoms with E-state index in [0.29, 0.717) is 19.0 Å². The van der Waals surface area contributed by atoms with Gasteiger partial charge in [-0.3, -0.25) is 0 Å². The molecule has 100 valence electrons. The average molecular weight is 266 g/mol. The SMILES string of the molecule is C=C(COCc1ccc(OC)cc1)O[Si](C)(C)C. The summed E-state index contributed by atoms with van der Waals surface area (Å²) in [7, 11) is 0.0979. The second-order valence-corrected chi connectivity index (χ2v) is 9.52. The lowest BCUT2D eigenvalue weighted by molar-refractivity contribution is 0.119. The van der Waals surface area contributed by atoms with Gasteiger partial charge in [-0.15, -0.1) is 0 Å². The van der Waals surface area contributed by atoms with Crippen molar-refractivity contribution in [1.82, 2.24) is 0 Å². The topological polar surface area (TPSA) is 27.7 Å². The third kappa shape index (κ3) is 5.89. The van der Waals surface area contributed by atoms with Gasteiger partial charge < -0.3 is 13.9 Å². The summed E-state index contributed by atoms with van der Waals surface area (Å²) in [6.45, 7) is 11.2. The second-order valence-electron chi connectivity index (χ2n) is 5.09. The Kier molecular flexibility index (Phi) is 5.43. The van der Waals surface area contributed by atoms with Gasteiger partial charge in [0.15, 0.2) is 0 Å². The molecule has 1 rings (SSSR count). The molecule has 0 aromatic heterocycles. The van der Waals surface area contributed by atoms with Crippen molar-refractivity contribution >= 4 is 8.32 Å². The van der Waals surface area contributed by atoms with Crippen LogP contribution in [0.2, 0.25) is 19.6 Å². The van der Waals surface area contributed by atoms with Gasteiger partial charge in [0.2, 0.25) is 8.32 Å². The minimum absolute atomic E-state index is 0.441. The Balaban J connectivity index is 2.30. The molecule has 0 saturated carbocycles. The van der Waals surface area contributed by atoms with Crippen LogP contribution >= 0.6 is 0 Å². The molecule has 0 aliphatic rings. The van der Waals surface area contributed by atoms with Crippen LogP contribution in [-0.4, -0.2) is 22.0 Å². The van der Waals surface area contributed by atoms with Crippen LogP contribution in [0.1, 0.15) is 5.56 Å². The van der Waals surface area contributed by atoms with Crippen LogP contribution in [0.15, 0.2) is 36.6 Å². The predicted octanol–water partition coefficient (Wildman–Crippen LogP) is 3.58. The van der Waals surface area contributed by atoms with Crippen LogP contribution in [0, 0.1) is 0 Å². The van der Waals surface area contributed by atoms with Crippen LogP contribution in [0.3, 0.4) is 0 Å². The smallest absolute Gasteiger partial charge is 0.241 e. The van der Waals surface area contributed by atoms with Crippen LogP contribution in [-0.2, 0) is 15.8 Å². The molecule has 0 N–H and O–H groups in total. The highest BCUT2D eigenvalue weighted by molar-refractivity contribution is 6.70. The third-order valence-corrected chi connectivity index (χ3v) is 3.04. The molecule has 0 unspecified atom stereocenters. The normalized spacial score (nSPS) is 11.1. The van der Waals surface area contributed by atoms with Crippen LogP contribution in [0.4, 0.5) is 0 Å². The first-order valence-electron chi connectivity index (χ1n) is 5.98. The molecule has 0 bridgehead atoms. The van der Waals surface area contributed by atoms with E-state index < -0.39 is 8.32 Å². The molecule has 1 aromatic carbocycles. The van der Waals surface area contributed by atoms with Gasteiger partial charge >= 0.3 is 0 Å². The summed E-state index contributed by atoms with van der Waals surface area (Å²) in [5, 5.41) is 0. The van der Waals surface area contributed by atoms with E-state index in [-0.39, 0.29) is 0 Å². The van der Waals surface area contributed by atoms with E-state index in [4.69, 9.17) is 13.9 Å². The molecule has 0 aliphatic heterocycles. The van der Waals surface area contributed by atoms with E-state index in [1.807, 2.05) is 24.3 Å². The molecule has 0 atom stereocenters. The molecule has 1 aromatic rings. The summed E-state index contributed by atoms with van der Waals surface area (Å²) in [5.41, 5.74) is 1.11. The Labute approximate surface area is 111 Å². The first-order chi connectivity index (χ1) is 8.40. The van der Waals surface area contributed by atoms with Crippen molar-refractivity contribution in [3.05, 3.63) is 42.2 Å². The van der Waals surface area contributed by atoms with Gasteiger partial charge in [0.1, 0.15) is 12.4 Å². The fourth-order valence-electron chi connectivity index (χ4n) is 1.47. The van der Waals surface area contributed by atoms with Gasteiger partial charge in [-0.05, 0) is 37.3 Å². The summed E-state index contributed by atoms with van der Waals surface area (Å²) in [6.07, 6.45) is 0. The highest BCUT2D eigenvalue weighted by Gasteiger charge is 2.16. The highest BCUT2D eigenvalue weighted by atomic mass is 28.4. The molecule has 18 heavy (non-hydrogen) atoms. The molecule has 0 spiro atoms. The van der Waals surface area contributed by atoms with Crippen molar-refractivity contribution in [2.75, 3.05) is 13.7 Å². The molecule has 0 heterocycles. The maximum Gasteiger partial charge on any atom is 0.241 e. The van der Waals surface area contributed by atoms with Crippen LogP contribution in [0.25, 0.3) is 0 Å². The molecule has 0 amide bonds. The van der Waals surface area contributed by atoms with E-state index in [1.165, 1.54) is 0 Å². The highest BCUT2D eigenvalue weighted by Crippen LogP contribution is 2.13. The molecule has 4 heteroatoms. The summed E-state index contributed by atoms with van der Waals surface area (Å²) in [6, 6.07) is 7.82. The van der Waals surface area contributed by atoms with Gasteiger partial charge in [0.25, 0.3) is 0 Å². The van der Waals surface area contributed by atoms with Crippen molar-refractivity contribution in [1.29, 1.82) is 0 Å². The van der Waals surface area contributed by atoms with Gasteiger partial charge in [0.05, 0.1) is 19.5 Å². The lowest BCUT2D eigenvalue weighted by Gasteiger charge is -2.20. The van der Waals surface area contributed by atoms with Gasteiger partial charge in [-0.25, -0.2) is 0 Å². The largest absolute Gasteiger partial charge is 0.546 e. The second kappa shape index (κ2) is 6.61. The van der Waals surface area contributed by atoms with E-state index in [9.17, 15) is 0 Å². The number of hydrogen-bond donors (Lipinski definition) is 0. The lowest BCUT2D eigenvalue weighted by Crippen LogP contribution is -2.25. The zero-order valence-electron chi connectivity index (χ0n) is 11.7. The van der Waals surface area contributed by atoms with Crippen molar-refractivity contribution < 1.29 is 13.9 Å². The maximum absolute atomic E-state index is 5.71. The van der Waals surface area contributed by atoms with Gasteiger partial charge in [-0.1, -0.05) is 18.7 Å². The van der Waals surface area contributed by atoms with Gasteiger partial charge in [-0.2, -0.15) is 0 Å². The first-order valence-corrected chi connectivity index (χ1v) is 9.39. The Morgan fingerprint density at radius 3 is 2.28 bits per heavy atom. The standard InChI is InChI=1S/C14H22O3Si/c1-12(17-18(3,4)5)10-16-11-13-6-8-14(15-2)9-7-13/h6-9H,1,10-11H2,2-5H3. The minimum Gasteiger partial charge on any atom is -0.546 e. The van der Waals surface area contributed by atoms with Crippen molar-refractivity contribution in [2.45, 2.75) is 26.2 Å². The fourth-order valence-corrected chi connectivity index (χ4v) is 2.39. The molecule has 0 saturated heterocycles. The number of benzene rings is 1. The van der Waals surface area contributed by atoms with E-state index >= 15 is 0 Å². The number of rotatable bonds is 7. The zero-order chi connectivity index (χ0) is 13.6. The Hall–Kier alpha value is -1.26. The molecule has 3 nitrogen and oxygen atoms in total. The minimum atomic E-state index is -1.56. The molecular weight excluding hydrogens is 244 g/mol. The summed E-state index contributed by atoms with van der Waals surface area (Å²) in [5.74, 6) is 1.56. The molecular formula is C14H22O3Si. The number of hydrogen-bond acceptors (Lipinski definition) is 3. The van der Waals surface area contributed by atoms with E-state index in [0.717, 1.165) is 11.3 Å². The lowest BCUT2D eigenvalue weighted by atomic mass is 10.2. The van der Waals surface area contributed by atoms with E-state index in [2.05, 4.69) is 26.2 Å². The predicted molar refractivity (Wildman–Crippen MR) is 76.2 cm³/mol. The van der Waals surface area contributed by atoms with Crippen LogP contribution in [0.5, 0.6) is 5.75 Å². The van der Waals surface area contributed by atoms with Crippen LogP contribution < -0.4 is 4.74 Å². The number of ether oxygens (including phenoxy) is 2. The fraction of sp³-hybridized carbons (Fsp3) is 0.429. The van der Waals surface area contributed by atoms with E-state index in [1.54, 1.807) is 7.11 Å². The monoisotopic (exact) mass is 266 g/mol. The first kappa shape index (κ1) is 14.8. The van der Waals surface area contributed by atoms with Crippen molar-refractivity contribution in [3.63, 3.8) is 0 Å². The molecule has 0 aliphatic carbocycles. The van der Waals surface area contributed by atoms with Crippen molar-refractivity contribution in [2.24, 2.45) is 0 Å². The molecule has 0 fully saturated rings. The third-order valence-electron chi connectivity index (χ3n) is 2.14. The average Bonchev–Trinajstić information content (AvgIpc) is 2.27. The zero-order valence-corrected chi connectivity index (χ0v) is 12.7. The summed E-state index contributed by atoms with van der Waals surface area (Å²) < 4.78 is 16.4. The van der Waals surface area contributed by atoms with Crippen molar-refractivity contribution in [3.8, 4) is 5.75 Å². The Morgan fingerprint density at radius 1 is 1.17 bits per heavy atom. The number of methoxy groups -OCH3 is 1. The Bertz CT molecular complexity index is 379. The Morgan fingerprint density at radius 2 is 1.78 bits per heavy atom. The maximum atomic E-state index is 5.71. The summed E-state index contributed by atoms with van der Waals surface area (Å²) >= 11 is 0. The van der Waals surface area contributed by atoms with Gasteiger partial charge in [0, 0.05) is 0 Å². The molecule has 0 radical (unpaired) electrons.